The fourth-order valence-corrected chi connectivity index (χ4v) is 4.21. The van der Waals surface area contributed by atoms with Crippen molar-refractivity contribution in [3.63, 3.8) is 0 Å². The highest BCUT2D eigenvalue weighted by atomic mass is 16.6. The lowest BCUT2D eigenvalue weighted by Gasteiger charge is -2.20. The average Bonchev–Trinajstić information content (AvgIpc) is 3.79. The lowest BCUT2D eigenvalue weighted by Crippen LogP contribution is -2.33. The zero-order valence-corrected chi connectivity index (χ0v) is 24.4. The summed E-state index contributed by atoms with van der Waals surface area (Å²) in [6, 6.07) is 6.32. The van der Waals surface area contributed by atoms with Crippen molar-refractivity contribution in [2.24, 2.45) is 0 Å². The summed E-state index contributed by atoms with van der Waals surface area (Å²) in [5, 5.41) is 5.61. The Kier molecular flexibility index (Phi) is 12.8. The van der Waals surface area contributed by atoms with E-state index in [0.29, 0.717) is 63.0 Å². The highest BCUT2D eigenvalue weighted by molar-refractivity contribution is 5.89. The van der Waals surface area contributed by atoms with Gasteiger partial charge in [0.25, 0.3) is 0 Å². The van der Waals surface area contributed by atoms with E-state index in [1.165, 1.54) is 0 Å². The van der Waals surface area contributed by atoms with Crippen molar-refractivity contribution >= 4 is 23.6 Å². The number of amides is 2. The molecule has 2 saturated heterocycles. The summed E-state index contributed by atoms with van der Waals surface area (Å²) in [6.45, 7) is 15.7. The first kappa shape index (κ1) is 31.1. The minimum atomic E-state index is -0.553. The van der Waals surface area contributed by atoms with Crippen molar-refractivity contribution in [2.75, 3.05) is 63.2 Å². The number of unbranched alkanes of at least 4 members (excludes halogenated alkanes) is 2. The predicted octanol–water partition coefficient (Wildman–Crippen LogP) is 4.87. The van der Waals surface area contributed by atoms with Gasteiger partial charge in [-0.2, -0.15) is 0 Å². The van der Waals surface area contributed by atoms with Gasteiger partial charge in [0, 0.05) is 62.9 Å². The number of ether oxygens (including phenoxy) is 4. The van der Waals surface area contributed by atoms with E-state index in [-0.39, 0.29) is 12.2 Å². The molecule has 0 spiro atoms. The first-order valence-electron chi connectivity index (χ1n) is 14.5. The summed E-state index contributed by atoms with van der Waals surface area (Å²) in [6.07, 6.45) is 2.25. The normalized spacial score (nSPS) is 23.0. The van der Waals surface area contributed by atoms with Gasteiger partial charge < -0.3 is 18.9 Å². The van der Waals surface area contributed by atoms with Crippen molar-refractivity contribution in [1.29, 1.82) is 0 Å². The second-order valence-corrected chi connectivity index (χ2v) is 10.8. The summed E-state index contributed by atoms with van der Waals surface area (Å²) < 4.78 is 22.9. The van der Waals surface area contributed by atoms with Crippen LogP contribution in [0.1, 0.15) is 58.9 Å². The molecule has 0 radical (unpaired) electrons. The SMILES string of the molecule is CCCCOCC(CN1CC1C)OC(=O)Nc1ccc(C)c(NC(=O)OC(COCCCC)CN2CC2C)c1. The van der Waals surface area contributed by atoms with E-state index in [9.17, 15) is 9.59 Å². The minimum Gasteiger partial charge on any atom is -0.442 e. The third-order valence-electron chi connectivity index (χ3n) is 7.01. The summed E-state index contributed by atoms with van der Waals surface area (Å²) in [5.74, 6) is 0. The van der Waals surface area contributed by atoms with Crippen LogP contribution in [-0.4, -0.2) is 98.9 Å². The van der Waals surface area contributed by atoms with Crippen LogP contribution in [0.5, 0.6) is 0 Å². The Morgan fingerprint density at radius 2 is 1.36 bits per heavy atom. The van der Waals surface area contributed by atoms with Gasteiger partial charge in [0.05, 0.1) is 13.2 Å². The maximum atomic E-state index is 12.8. The second kappa shape index (κ2) is 16.0. The van der Waals surface area contributed by atoms with Crippen LogP contribution in [0.15, 0.2) is 18.2 Å². The van der Waals surface area contributed by atoms with Gasteiger partial charge in [0.1, 0.15) is 12.2 Å². The Labute approximate surface area is 233 Å². The summed E-state index contributed by atoms with van der Waals surface area (Å²) in [4.78, 5) is 30.0. The summed E-state index contributed by atoms with van der Waals surface area (Å²) in [5.41, 5.74) is 1.92. The molecule has 2 aliphatic rings. The largest absolute Gasteiger partial charge is 0.442 e. The van der Waals surface area contributed by atoms with Gasteiger partial charge in [-0.3, -0.25) is 20.4 Å². The number of hydrogen-bond acceptors (Lipinski definition) is 8. The molecule has 0 aromatic heterocycles. The number of anilines is 2. The molecule has 2 heterocycles. The second-order valence-electron chi connectivity index (χ2n) is 10.8. The van der Waals surface area contributed by atoms with Crippen LogP contribution in [0.25, 0.3) is 0 Å². The monoisotopic (exact) mass is 548 g/mol. The number of hydrogen-bond donors (Lipinski definition) is 2. The van der Waals surface area contributed by atoms with E-state index in [4.69, 9.17) is 18.9 Å². The molecule has 6 atom stereocenters. The van der Waals surface area contributed by atoms with Crippen molar-refractivity contribution in [3.8, 4) is 0 Å². The molecule has 0 bridgehead atoms. The molecule has 0 saturated carbocycles. The van der Waals surface area contributed by atoms with Crippen LogP contribution in [0.4, 0.5) is 21.0 Å². The van der Waals surface area contributed by atoms with Crippen molar-refractivity contribution < 1.29 is 28.5 Å². The predicted molar refractivity (Wildman–Crippen MR) is 152 cm³/mol. The highest BCUT2D eigenvalue weighted by Gasteiger charge is 2.33. The van der Waals surface area contributed by atoms with E-state index >= 15 is 0 Å². The Morgan fingerprint density at radius 3 is 1.82 bits per heavy atom. The summed E-state index contributed by atoms with van der Waals surface area (Å²) in [7, 11) is 0. The smallest absolute Gasteiger partial charge is 0.412 e. The van der Waals surface area contributed by atoms with Crippen LogP contribution in [0, 0.1) is 6.92 Å². The number of rotatable bonds is 18. The van der Waals surface area contributed by atoms with Gasteiger partial charge in [-0.25, -0.2) is 9.59 Å². The topological polar surface area (TPSA) is 101 Å². The average molecular weight is 549 g/mol. The van der Waals surface area contributed by atoms with Gasteiger partial charge in [0.15, 0.2) is 0 Å². The molecule has 2 fully saturated rings. The molecule has 10 heteroatoms. The fourth-order valence-electron chi connectivity index (χ4n) is 4.21. The van der Waals surface area contributed by atoms with Crippen LogP contribution in [0.2, 0.25) is 0 Å². The third-order valence-corrected chi connectivity index (χ3v) is 7.01. The molecule has 39 heavy (non-hydrogen) atoms. The molecular weight excluding hydrogens is 500 g/mol. The van der Waals surface area contributed by atoms with Gasteiger partial charge in [-0.05, 0) is 51.3 Å². The maximum Gasteiger partial charge on any atom is 0.412 e. The molecule has 2 aliphatic heterocycles. The Bertz CT molecular complexity index is 916. The van der Waals surface area contributed by atoms with E-state index in [1.807, 2.05) is 13.0 Å². The lowest BCUT2D eigenvalue weighted by molar-refractivity contribution is 0.0175. The van der Waals surface area contributed by atoms with Crippen LogP contribution >= 0.6 is 0 Å². The highest BCUT2D eigenvalue weighted by Crippen LogP contribution is 2.23. The quantitative estimate of drug-likeness (QED) is 0.198. The van der Waals surface area contributed by atoms with Crippen molar-refractivity contribution in [3.05, 3.63) is 23.8 Å². The Hall–Kier alpha value is -2.40. The van der Waals surface area contributed by atoms with Crippen LogP contribution in [0.3, 0.4) is 0 Å². The van der Waals surface area contributed by atoms with Crippen LogP contribution < -0.4 is 10.6 Å². The number of nitrogens with zero attached hydrogens (tertiary/aromatic N) is 2. The van der Waals surface area contributed by atoms with Gasteiger partial charge in [-0.1, -0.05) is 32.8 Å². The van der Waals surface area contributed by atoms with Gasteiger partial charge >= 0.3 is 12.2 Å². The van der Waals surface area contributed by atoms with Crippen molar-refractivity contribution in [2.45, 2.75) is 84.6 Å². The minimum absolute atomic E-state index is 0.355. The molecule has 220 valence electrons. The molecule has 0 aliphatic carbocycles. The van der Waals surface area contributed by atoms with E-state index in [2.05, 4.69) is 48.1 Å². The molecule has 10 nitrogen and oxygen atoms in total. The third kappa shape index (κ3) is 11.7. The van der Waals surface area contributed by atoms with Gasteiger partial charge in [-0.15, -0.1) is 0 Å². The van der Waals surface area contributed by atoms with Crippen molar-refractivity contribution in [1.82, 2.24) is 9.80 Å². The molecule has 2 amide bonds. The molecule has 6 unspecified atom stereocenters. The molecule has 1 aromatic rings. The number of benzene rings is 1. The molecular formula is C29H48N4O6. The van der Waals surface area contributed by atoms with E-state index < -0.39 is 12.2 Å². The van der Waals surface area contributed by atoms with Crippen LogP contribution in [-0.2, 0) is 18.9 Å². The maximum absolute atomic E-state index is 12.8. The lowest BCUT2D eigenvalue weighted by atomic mass is 10.2. The number of carbonyl (C=O) groups excluding carboxylic acids is 2. The zero-order chi connectivity index (χ0) is 28.2. The Balaban J connectivity index is 1.52. The summed E-state index contributed by atoms with van der Waals surface area (Å²) >= 11 is 0. The Morgan fingerprint density at radius 1 is 0.872 bits per heavy atom. The van der Waals surface area contributed by atoms with E-state index in [1.54, 1.807) is 12.1 Å². The standard InChI is InChI=1S/C29H48N4O6/c1-6-8-12-36-19-25(17-32-15-22(32)4)38-28(34)30-24-11-10-21(3)27(14-24)31-29(35)39-26(18-33-16-23(33)5)20-37-13-9-7-2/h10-11,14,22-23,25-26H,6-9,12-13,15-20H2,1-5H3,(H,30,34)(H,31,35). The van der Waals surface area contributed by atoms with E-state index in [0.717, 1.165) is 44.3 Å². The number of aryl methyl sites for hydroxylation is 1. The zero-order valence-electron chi connectivity index (χ0n) is 24.4. The molecule has 2 N–H and O–H groups in total. The first-order chi connectivity index (χ1) is 18.8. The number of carbonyl (C=O) groups is 2. The fraction of sp³-hybridized carbons (Fsp3) is 0.724. The molecule has 3 rings (SSSR count). The molecule has 1 aromatic carbocycles. The first-order valence-corrected chi connectivity index (χ1v) is 14.5. The van der Waals surface area contributed by atoms with Gasteiger partial charge in [0.2, 0.25) is 0 Å². The number of nitrogens with one attached hydrogen (secondary N) is 2.